The smallest absolute Gasteiger partial charge is 0.335 e. The standard InChI is InChI=1S/C22H25NO2/c1-13(11-17-5-7-18(8-6-17)22(24)25)19-9-10-20-15(3)14(2)16(4)23-21(20)12-19/h5-12,14-16,23H,1-4H3,(H,24,25)/b13-11+. The molecule has 1 heterocycles. The Kier molecular flexibility index (Phi) is 4.67. The Hall–Kier alpha value is -2.55. The molecule has 2 aromatic carbocycles. The fourth-order valence-corrected chi connectivity index (χ4v) is 3.47. The van der Waals surface area contributed by atoms with Crippen LogP contribution in [0.1, 0.15) is 60.7 Å². The maximum absolute atomic E-state index is 10.9. The number of rotatable bonds is 3. The third kappa shape index (κ3) is 3.46. The first-order valence-corrected chi connectivity index (χ1v) is 8.79. The number of carbonyl (C=O) groups is 1. The minimum atomic E-state index is -0.898. The van der Waals surface area contributed by atoms with Gasteiger partial charge in [-0.05, 0) is 66.1 Å². The highest BCUT2D eigenvalue weighted by atomic mass is 16.4. The zero-order valence-electron chi connectivity index (χ0n) is 15.2. The van der Waals surface area contributed by atoms with Crippen molar-refractivity contribution >= 4 is 23.3 Å². The van der Waals surface area contributed by atoms with E-state index in [4.69, 9.17) is 5.11 Å². The van der Waals surface area contributed by atoms with Crippen molar-refractivity contribution < 1.29 is 9.90 Å². The molecule has 0 bridgehead atoms. The monoisotopic (exact) mass is 335 g/mol. The van der Waals surface area contributed by atoms with Crippen molar-refractivity contribution in [3.8, 4) is 0 Å². The van der Waals surface area contributed by atoms with Gasteiger partial charge in [0.1, 0.15) is 0 Å². The third-order valence-corrected chi connectivity index (χ3v) is 5.50. The van der Waals surface area contributed by atoms with E-state index in [1.165, 1.54) is 16.8 Å². The number of carboxylic acid groups (broad SMARTS) is 1. The van der Waals surface area contributed by atoms with Crippen LogP contribution in [0.4, 0.5) is 5.69 Å². The van der Waals surface area contributed by atoms with Gasteiger partial charge in [0.2, 0.25) is 0 Å². The molecule has 0 spiro atoms. The molecule has 0 aromatic heterocycles. The molecule has 2 N–H and O–H groups in total. The molecule has 25 heavy (non-hydrogen) atoms. The third-order valence-electron chi connectivity index (χ3n) is 5.50. The summed E-state index contributed by atoms with van der Waals surface area (Å²) >= 11 is 0. The number of carboxylic acids is 1. The van der Waals surface area contributed by atoms with Gasteiger partial charge in [-0.2, -0.15) is 0 Å². The van der Waals surface area contributed by atoms with Gasteiger partial charge in [-0.15, -0.1) is 0 Å². The molecule has 3 heteroatoms. The van der Waals surface area contributed by atoms with Crippen LogP contribution in [0.25, 0.3) is 11.6 Å². The van der Waals surface area contributed by atoms with Crippen molar-refractivity contribution in [2.75, 3.05) is 5.32 Å². The molecule has 3 unspecified atom stereocenters. The van der Waals surface area contributed by atoms with Crippen LogP contribution in [0.2, 0.25) is 0 Å². The SMILES string of the molecule is C/C(=C\c1ccc(C(=O)O)cc1)c1ccc2c(c1)NC(C)C(C)C2C. The first-order valence-electron chi connectivity index (χ1n) is 8.79. The molecular weight excluding hydrogens is 310 g/mol. The second-order valence-electron chi connectivity index (χ2n) is 7.14. The van der Waals surface area contributed by atoms with Crippen molar-refractivity contribution in [1.29, 1.82) is 0 Å². The molecule has 3 rings (SSSR count). The van der Waals surface area contributed by atoms with Crippen LogP contribution >= 0.6 is 0 Å². The second kappa shape index (κ2) is 6.75. The molecule has 3 atom stereocenters. The minimum absolute atomic E-state index is 0.310. The predicted molar refractivity (Wildman–Crippen MR) is 104 cm³/mol. The summed E-state index contributed by atoms with van der Waals surface area (Å²) in [5.41, 5.74) is 6.26. The molecule has 0 saturated heterocycles. The average Bonchev–Trinajstić information content (AvgIpc) is 2.59. The summed E-state index contributed by atoms with van der Waals surface area (Å²) in [7, 11) is 0. The minimum Gasteiger partial charge on any atom is -0.478 e. The van der Waals surface area contributed by atoms with Gasteiger partial charge in [-0.3, -0.25) is 0 Å². The Morgan fingerprint density at radius 3 is 2.32 bits per heavy atom. The highest BCUT2D eigenvalue weighted by Gasteiger charge is 2.27. The highest BCUT2D eigenvalue weighted by Crippen LogP contribution is 2.39. The zero-order chi connectivity index (χ0) is 18.1. The first kappa shape index (κ1) is 17.3. The Morgan fingerprint density at radius 1 is 1.04 bits per heavy atom. The normalized spacial score (nSPS) is 22.9. The van der Waals surface area contributed by atoms with E-state index >= 15 is 0 Å². The largest absolute Gasteiger partial charge is 0.478 e. The van der Waals surface area contributed by atoms with E-state index in [1.807, 2.05) is 12.1 Å². The molecule has 0 aliphatic carbocycles. The molecule has 0 radical (unpaired) electrons. The lowest BCUT2D eigenvalue weighted by Gasteiger charge is -2.35. The van der Waals surface area contributed by atoms with Crippen LogP contribution in [0.5, 0.6) is 0 Å². The molecule has 130 valence electrons. The molecule has 0 saturated carbocycles. The van der Waals surface area contributed by atoms with E-state index in [0.29, 0.717) is 23.4 Å². The Bertz CT molecular complexity index is 820. The fourth-order valence-electron chi connectivity index (χ4n) is 3.47. The molecule has 0 amide bonds. The molecular formula is C22H25NO2. The van der Waals surface area contributed by atoms with Crippen LogP contribution in [0.3, 0.4) is 0 Å². The maximum atomic E-state index is 10.9. The summed E-state index contributed by atoms with van der Waals surface area (Å²) in [6.07, 6.45) is 2.09. The lowest BCUT2D eigenvalue weighted by atomic mass is 9.80. The summed E-state index contributed by atoms with van der Waals surface area (Å²) in [6, 6.07) is 14.1. The van der Waals surface area contributed by atoms with Crippen LogP contribution in [0, 0.1) is 5.92 Å². The van der Waals surface area contributed by atoms with E-state index in [9.17, 15) is 4.79 Å². The molecule has 0 fully saturated rings. The van der Waals surface area contributed by atoms with Crippen LogP contribution in [-0.4, -0.2) is 17.1 Å². The summed E-state index contributed by atoms with van der Waals surface area (Å²) in [5, 5.41) is 12.6. The van der Waals surface area contributed by atoms with E-state index in [1.54, 1.807) is 12.1 Å². The summed E-state index contributed by atoms with van der Waals surface area (Å²) in [6.45, 7) is 8.92. The number of aromatic carboxylic acids is 1. The average molecular weight is 335 g/mol. The van der Waals surface area contributed by atoms with Gasteiger partial charge in [0.15, 0.2) is 0 Å². The van der Waals surface area contributed by atoms with E-state index in [0.717, 1.165) is 11.1 Å². The number of hydrogen-bond donors (Lipinski definition) is 2. The van der Waals surface area contributed by atoms with Crippen molar-refractivity contribution in [1.82, 2.24) is 0 Å². The number of anilines is 1. The molecule has 2 aromatic rings. The van der Waals surface area contributed by atoms with Crippen molar-refractivity contribution in [2.45, 2.75) is 39.7 Å². The van der Waals surface area contributed by atoms with Crippen molar-refractivity contribution in [2.24, 2.45) is 5.92 Å². The van der Waals surface area contributed by atoms with E-state index in [2.05, 4.69) is 57.3 Å². The van der Waals surface area contributed by atoms with Gasteiger partial charge in [-0.1, -0.05) is 44.2 Å². The maximum Gasteiger partial charge on any atom is 0.335 e. The van der Waals surface area contributed by atoms with Crippen LogP contribution < -0.4 is 5.32 Å². The Balaban J connectivity index is 1.89. The number of benzene rings is 2. The van der Waals surface area contributed by atoms with Crippen LogP contribution in [0.15, 0.2) is 42.5 Å². The lowest BCUT2D eigenvalue weighted by Crippen LogP contribution is -2.32. The van der Waals surface area contributed by atoms with Gasteiger partial charge in [0, 0.05) is 11.7 Å². The number of hydrogen-bond acceptors (Lipinski definition) is 2. The molecule has 1 aliphatic rings. The van der Waals surface area contributed by atoms with Gasteiger partial charge in [0.05, 0.1) is 5.56 Å². The summed E-state index contributed by atoms with van der Waals surface area (Å²) < 4.78 is 0. The first-order chi connectivity index (χ1) is 11.9. The topological polar surface area (TPSA) is 49.3 Å². The van der Waals surface area contributed by atoms with E-state index < -0.39 is 5.97 Å². The van der Waals surface area contributed by atoms with Gasteiger partial charge < -0.3 is 10.4 Å². The second-order valence-corrected chi connectivity index (χ2v) is 7.14. The van der Waals surface area contributed by atoms with Gasteiger partial charge in [0.25, 0.3) is 0 Å². The summed E-state index contributed by atoms with van der Waals surface area (Å²) in [4.78, 5) is 10.9. The zero-order valence-corrected chi connectivity index (χ0v) is 15.2. The highest BCUT2D eigenvalue weighted by molar-refractivity contribution is 5.88. The van der Waals surface area contributed by atoms with Gasteiger partial charge >= 0.3 is 5.97 Å². The van der Waals surface area contributed by atoms with Crippen LogP contribution in [-0.2, 0) is 0 Å². The molecule has 3 nitrogen and oxygen atoms in total. The Morgan fingerprint density at radius 2 is 1.68 bits per heavy atom. The molecule has 1 aliphatic heterocycles. The fraction of sp³-hybridized carbons (Fsp3) is 0.318. The van der Waals surface area contributed by atoms with Crippen molar-refractivity contribution in [3.63, 3.8) is 0 Å². The number of allylic oxidation sites excluding steroid dienone is 1. The van der Waals surface area contributed by atoms with Crippen molar-refractivity contribution in [3.05, 3.63) is 64.7 Å². The number of nitrogens with one attached hydrogen (secondary N) is 1. The van der Waals surface area contributed by atoms with E-state index in [-0.39, 0.29) is 0 Å². The Labute approximate surface area is 149 Å². The summed E-state index contributed by atoms with van der Waals surface area (Å²) in [5.74, 6) is 0.265. The quantitative estimate of drug-likeness (QED) is 0.728. The van der Waals surface area contributed by atoms with Gasteiger partial charge in [-0.25, -0.2) is 4.79 Å². The lowest BCUT2D eigenvalue weighted by molar-refractivity contribution is 0.0697. The number of fused-ring (bicyclic) bond motifs is 1. The predicted octanol–water partition coefficient (Wildman–Crippen LogP) is 5.50.